The predicted molar refractivity (Wildman–Crippen MR) is 86.6 cm³/mol. The molecular weight excluding hydrogens is 324 g/mol. The SMILES string of the molecule is CC(C)(C)OC(=O)Nc1nc(-c2cccs2)c(CC(=O)O)s1. The van der Waals surface area contributed by atoms with E-state index in [1.807, 2.05) is 17.5 Å². The van der Waals surface area contributed by atoms with Crippen LogP contribution in [0.4, 0.5) is 9.93 Å². The van der Waals surface area contributed by atoms with Gasteiger partial charge in [0.15, 0.2) is 5.13 Å². The molecule has 0 aliphatic carbocycles. The summed E-state index contributed by atoms with van der Waals surface area (Å²) in [5.74, 6) is -0.940. The fourth-order valence-electron chi connectivity index (χ4n) is 1.66. The van der Waals surface area contributed by atoms with E-state index in [1.165, 1.54) is 11.3 Å². The average Bonchev–Trinajstić information content (AvgIpc) is 2.94. The van der Waals surface area contributed by atoms with Crippen LogP contribution in [0.3, 0.4) is 0 Å². The summed E-state index contributed by atoms with van der Waals surface area (Å²) in [4.78, 5) is 28.5. The van der Waals surface area contributed by atoms with Crippen molar-refractivity contribution in [2.24, 2.45) is 0 Å². The number of carbonyl (C=O) groups is 2. The molecule has 0 spiro atoms. The van der Waals surface area contributed by atoms with E-state index in [9.17, 15) is 9.59 Å². The number of carboxylic acid groups (broad SMARTS) is 1. The highest BCUT2D eigenvalue weighted by molar-refractivity contribution is 7.17. The molecule has 2 rings (SSSR count). The lowest BCUT2D eigenvalue weighted by Crippen LogP contribution is -2.27. The molecule has 0 aliphatic rings. The number of hydrogen-bond acceptors (Lipinski definition) is 6. The van der Waals surface area contributed by atoms with Crippen LogP contribution in [0.15, 0.2) is 17.5 Å². The number of hydrogen-bond donors (Lipinski definition) is 2. The van der Waals surface area contributed by atoms with Crippen LogP contribution in [-0.2, 0) is 16.0 Å². The molecule has 0 saturated carbocycles. The molecule has 8 heteroatoms. The summed E-state index contributed by atoms with van der Waals surface area (Å²) >= 11 is 2.61. The third-order valence-corrected chi connectivity index (χ3v) is 4.22. The molecule has 2 N–H and O–H groups in total. The molecule has 0 saturated heterocycles. The second-order valence-corrected chi connectivity index (χ2v) is 7.50. The standard InChI is InChI=1S/C14H16N2O4S2/c1-14(2,3)20-13(19)16-12-15-11(8-5-4-6-21-8)9(22-12)7-10(17)18/h4-6H,7H2,1-3H3,(H,17,18)(H,15,16,19). The predicted octanol–water partition coefficient (Wildman–Crippen LogP) is 3.85. The lowest BCUT2D eigenvalue weighted by atomic mass is 10.2. The molecule has 0 bridgehead atoms. The Bertz CT molecular complexity index is 672. The first-order valence-electron chi connectivity index (χ1n) is 6.50. The van der Waals surface area contributed by atoms with Gasteiger partial charge in [0.25, 0.3) is 0 Å². The van der Waals surface area contributed by atoms with Gasteiger partial charge in [0.2, 0.25) is 0 Å². The molecule has 118 valence electrons. The van der Waals surface area contributed by atoms with Gasteiger partial charge in [0.05, 0.1) is 17.0 Å². The van der Waals surface area contributed by atoms with Gasteiger partial charge < -0.3 is 9.84 Å². The summed E-state index contributed by atoms with van der Waals surface area (Å²) in [7, 11) is 0. The number of carboxylic acids is 1. The smallest absolute Gasteiger partial charge is 0.413 e. The van der Waals surface area contributed by atoms with Crippen LogP contribution in [0, 0.1) is 0 Å². The number of nitrogens with one attached hydrogen (secondary N) is 1. The van der Waals surface area contributed by atoms with E-state index in [0.717, 1.165) is 16.2 Å². The van der Waals surface area contributed by atoms with Gasteiger partial charge in [0.1, 0.15) is 5.60 Å². The Balaban J connectivity index is 2.23. The molecule has 2 aromatic heterocycles. The minimum Gasteiger partial charge on any atom is -0.481 e. The maximum Gasteiger partial charge on any atom is 0.413 e. The van der Waals surface area contributed by atoms with E-state index in [4.69, 9.17) is 9.84 Å². The summed E-state index contributed by atoms with van der Waals surface area (Å²) in [5, 5.41) is 13.8. The van der Waals surface area contributed by atoms with Crippen molar-refractivity contribution in [2.45, 2.75) is 32.8 Å². The Morgan fingerprint density at radius 3 is 2.68 bits per heavy atom. The number of amides is 1. The lowest BCUT2D eigenvalue weighted by Gasteiger charge is -2.18. The molecule has 2 heterocycles. The van der Waals surface area contributed by atoms with Crippen LogP contribution >= 0.6 is 22.7 Å². The maximum absolute atomic E-state index is 11.8. The Labute approximate surface area is 135 Å². The number of nitrogens with zero attached hydrogens (tertiary/aromatic N) is 1. The van der Waals surface area contributed by atoms with Crippen molar-refractivity contribution >= 4 is 39.9 Å². The van der Waals surface area contributed by atoms with Crippen LogP contribution in [0.1, 0.15) is 25.6 Å². The van der Waals surface area contributed by atoms with Crippen molar-refractivity contribution in [3.63, 3.8) is 0 Å². The monoisotopic (exact) mass is 340 g/mol. The van der Waals surface area contributed by atoms with Crippen molar-refractivity contribution in [3.8, 4) is 10.6 Å². The van der Waals surface area contributed by atoms with Gasteiger partial charge in [-0.3, -0.25) is 10.1 Å². The van der Waals surface area contributed by atoms with Crippen LogP contribution in [0.2, 0.25) is 0 Å². The van der Waals surface area contributed by atoms with Gasteiger partial charge in [-0.1, -0.05) is 6.07 Å². The summed E-state index contributed by atoms with van der Waals surface area (Å²) in [6, 6.07) is 3.73. The number of aliphatic carboxylic acids is 1. The molecule has 1 amide bonds. The van der Waals surface area contributed by atoms with Crippen molar-refractivity contribution in [3.05, 3.63) is 22.4 Å². The molecule has 0 aliphatic heterocycles. The number of anilines is 1. The zero-order chi connectivity index (χ0) is 16.3. The largest absolute Gasteiger partial charge is 0.481 e. The lowest BCUT2D eigenvalue weighted by molar-refractivity contribution is -0.136. The number of thiophene rings is 1. The van der Waals surface area contributed by atoms with Crippen molar-refractivity contribution in [2.75, 3.05) is 5.32 Å². The summed E-state index contributed by atoms with van der Waals surface area (Å²) in [6.07, 6.45) is -0.748. The number of carbonyl (C=O) groups excluding carboxylic acids is 1. The van der Waals surface area contributed by atoms with Gasteiger partial charge in [-0.15, -0.1) is 22.7 Å². The Morgan fingerprint density at radius 2 is 2.14 bits per heavy atom. The highest BCUT2D eigenvalue weighted by atomic mass is 32.1. The number of aromatic nitrogens is 1. The highest BCUT2D eigenvalue weighted by Crippen LogP contribution is 2.34. The first-order valence-corrected chi connectivity index (χ1v) is 8.19. The average molecular weight is 340 g/mol. The molecule has 0 fully saturated rings. The third kappa shape index (κ3) is 4.54. The van der Waals surface area contributed by atoms with Gasteiger partial charge in [-0.2, -0.15) is 0 Å². The van der Waals surface area contributed by atoms with E-state index >= 15 is 0 Å². The highest BCUT2D eigenvalue weighted by Gasteiger charge is 2.20. The zero-order valence-corrected chi connectivity index (χ0v) is 14.0. The van der Waals surface area contributed by atoms with E-state index in [1.54, 1.807) is 20.8 Å². The topological polar surface area (TPSA) is 88.5 Å². The van der Waals surface area contributed by atoms with Gasteiger partial charge in [-0.25, -0.2) is 9.78 Å². The van der Waals surface area contributed by atoms with E-state index in [0.29, 0.717) is 15.7 Å². The van der Waals surface area contributed by atoms with E-state index in [2.05, 4.69) is 10.3 Å². The molecule has 0 radical (unpaired) electrons. The number of ether oxygens (including phenoxy) is 1. The maximum atomic E-state index is 11.8. The second-order valence-electron chi connectivity index (χ2n) is 5.47. The molecule has 22 heavy (non-hydrogen) atoms. The molecular formula is C14H16N2O4S2. The Hall–Kier alpha value is -1.93. The molecule has 2 aromatic rings. The first kappa shape index (κ1) is 16.4. The van der Waals surface area contributed by atoms with Gasteiger partial charge >= 0.3 is 12.1 Å². The fourth-order valence-corrected chi connectivity index (χ4v) is 3.42. The second kappa shape index (κ2) is 6.45. The van der Waals surface area contributed by atoms with Crippen LogP contribution in [0.5, 0.6) is 0 Å². The first-order chi connectivity index (χ1) is 10.2. The molecule has 0 unspecified atom stereocenters. The summed E-state index contributed by atoms with van der Waals surface area (Å²) in [6.45, 7) is 5.30. The number of rotatable bonds is 4. The van der Waals surface area contributed by atoms with Crippen molar-refractivity contribution in [1.29, 1.82) is 0 Å². The quantitative estimate of drug-likeness (QED) is 0.882. The van der Waals surface area contributed by atoms with Crippen LogP contribution in [0.25, 0.3) is 10.6 Å². The summed E-state index contributed by atoms with van der Waals surface area (Å²) in [5.41, 5.74) is -0.0181. The summed E-state index contributed by atoms with van der Waals surface area (Å²) < 4.78 is 5.17. The van der Waals surface area contributed by atoms with Crippen LogP contribution in [-0.4, -0.2) is 27.8 Å². The zero-order valence-electron chi connectivity index (χ0n) is 12.4. The van der Waals surface area contributed by atoms with Gasteiger partial charge in [-0.05, 0) is 32.2 Å². The van der Waals surface area contributed by atoms with Gasteiger partial charge in [0, 0.05) is 4.88 Å². The molecule has 6 nitrogen and oxygen atoms in total. The minimum atomic E-state index is -0.940. The Kier molecular flexibility index (Phi) is 4.82. The molecule has 0 atom stereocenters. The fraction of sp³-hybridized carbons (Fsp3) is 0.357. The molecule has 0 aromatic carbocycles. The Morgan fingerprint density at radius 1 is 1.41 bits per heavy atom. The van der Waals surface area contributed by atoms with Crippen molar-refractivity contribution in [1.82, 2.24) is 4.98 Å². The number of thiazole rings is 1. The van der Waals surface area contributed by atoms with E-state index in [-0.39, 0.29) is 6.42 Å². The normalized spacial score (nSPS) is 11.2. The van der Waals surface area contributed by atoms with Crippen LogP contribution < -0.4 is 5.32 Å². The van der Waals surface area contributed by atoms with E-state index < -0.39 is 17.7 Å². The van der Waals surface area contributed by atoms with Crippen molar-refractivity contribution < 1.29 is 19.4 Å². The minimum absolute atomic E-state index is 0.138. The third-order valence-electron chi connectivity index (χ3n) is 2.37.